The molecule has 3 aromatic rings. The van der Waals surface area contributed by atoms with Gasteiger partial charge in [0.15, 0.2) is 22.0 Å². The fourth-order valence-corrected chi connectivity index (χ4v) is 3.95. The molecule has 0 N–H and O–H groups in total. The standard InChI is InChI=1S/C20H26N4O4S/c1-6-28-10-9-23-15-11-16(26-4)17(27-5)12-18(15)29-20(23)21-19(25)14-7-8-24(22-14)13(2)3/h7-8,11-13H,6,9-10H2,1-5H3. The number of carbonyl (C=O) groups excluding carboxylic acids is 1. The summed E-state index contributed by atoms with van der Waals surface area (Å²) in [6.45, 7) is 7.66. The van der Waals surface area contributed by atoms with Crippen LogP contribution in [0.3, 0.4) is 0 Å². The summed E-state index contributed by atoms with van der Waals surface area (Å²) in [7, 11) is 3.20. The first-order valence-corrected chi connectivity index (χ1v) is 10.3. The molecule has 29 heavy (non-hydrogen) atoms. The zero-order chi connectivity index (χ0) is 21.0. The molecule has 0 saturated heterocycles. The Kier molecular flexibility index (Phi) is 6.71. The molecule has 2 heterocycles. The quantitative estimate of drug-likeness (QED) is 0.525. The van der Waals surface area contributed by atoms with Crippen molar-refractivity contribution in [2.45, 2.75) is 33.4 Å². The molecule has 0 aliphatic rings. The molecule has 0 radical (unpaired) electrons. The van der Waals surface area contributed by atoms with E-state index in [0.29, 0.717) is 41.8 Å². The van der Waals surface area contributed by atoms with E-state index in [2.05, 4.69) is 10.1 Å². The second-order valence-corrected chi connectivity index (χ2v) is 7.61. The maximum atomic E-state index is 12.7. The van der Waals surface area contributed by atoms with Crippen LogP contribution in [0.25, 0.3) is 10.2 Å². The molecule has 0 saturated carbocycles. The number of carbonyl (C=O) groups is 1. The third kappa shape index (κ3) is 4.51. The van der Waals surface area contributed by atoms with Gasteiger partial charge in [-0.3, -0.25) is 9.48 Å². The lowest BCUT2D eigenvalue weighted by molar-refractivity contribution is 0.0991. The van der Waals surface area contributed by atoms with Gasteiger partial charge in [-0.1, -0.05) is 11.3 Å². The van der Waals surface area contributed by atoms with Gasteiger partial charge < -0.3 is 18.8 Å². The number of thiazole rings is 1. The summed E-state index contributed by atoms with van der Waals surface area (Å²) in [5.41, 5.74) is 1.23. The van der Waals surface area contributed by atoms with Crippen molar-refractivity contribution in [1.29, 1.82) is 0 Å². The highest BCUT2D eigenvalue weighted by atomic mass is 32.1. The van der Waals surface area contributed by atoms with Crippen molar-refractivity contribution in [3.8, 4) is 11.5 Å². The third-order valence-electron chi connectivity index (χ3n) is 4.41. The van der Waals surface area contributed by atoms with E-state index in [1.54, 1.807) is 31.2 Å². The summed E-state index contributed by atoms with van der Waals surface area (Å²) in [6, 6.07) is 5.66. The highest BCUT2D eigenvalue weighted by Gasteiger charge is 2.15. The predicted octanol–water partition coefficient (Wildman–Crippen LogP) is 3.28. The summed E-state index contributed by atoms with van der Waals surface area (Å²) in [5.74, 6) is 0.878. The normalized spacial score (nSPS) is 12.1. The van der Waals surface area contributed by atoms with Gasteiger partial charge in [0.1, 0.15) is 0 Å². The van der Waals surface area contributed by atoms with Gasteiger partial charge in [0, 0.05) is 37.5 Å². The van der Waals surface area contributed by atoms with Gasteiger partial charge in [0.05, 0.1) is 31.0 Å². The highest BCUT2D eigenvalue weighted by Crippen LogP contribution is 2.33. The van der Waals surface area contributed by atoms with Crippen molar-refractivity contribution in [1.82, 2.24) is 14.3 Å². The fraction of sp³-hybridized carbons (Fsp3) is 0.450. The number of hydrogen-bond donors (Lipinski definition) is 0. The Balaban J connectivity index is 2.09. The summed E-state index contributed by atoms with van der Waals surface area (Å²) < 4.78 is 21.0. The first-order chi connectivity index (χ1) is 14.0. The van der Waals surface area contributed by atoms with Crippen molar-refractivity contribution in [2.24, 2.45) is 4.99 Å². The van der Waals surface area contributed by atoms with Crippen LogP contribution in [-0.4, -0.2) is 47.7 Å². The molecule has 8 nitrogen and oxygen atoms in total. The number of benzene rings is 1. The topological polar surface area (TPSA) is 79.9 Å². The molecule has 1 amide bonds. The number of fused-ring (bicyclic) bond motifs is 1. The lowest BCUT2D eigenvalue weighted by Crippen LogP contribution is -2.20. The van der Waals surface area contributed by atoms with Gasteiger partial charge in [-0.05, 0) is 26.8 Å². The number of nitrogens with zero attached hydrogens (tertiary/aromatic N) is 4. The molecule has 0 aliphatic heterocycles. The summed E-state index contributed by atoms with van der Waals surface area (Å²) >= 11 is 1.42. The molecule has 0 spiro atoms. The van der Waals surface area contributed by atoms with Crippen LogP contribution < -0.4 is 14.3 Å². The largest absolute Gasteiger partial charge is 0.493 e. The lowest BCUT2D eigenvalue weighted by atomic mass is 10.3. The SMILES string of the molecule is CCOCCn1c(=NC(=O)c2ccn(C(C)C)n2)sc2cc(OC)c(OC)cc21. The van der Waals surface area contributed by atoms with E-state index < -0.39 is 0 Å². The van der Waals surface area contributed by atoms with Crippen molar-refractivity contribution < 1.29 is 19.0 Å². The van der Waals surface area contributed by atoms with Gasteiger partial charge in [-0.2, -0.15) is 10.1 Å². The van der Waals surface area contributed by atoms with Crippen LogP contribution in [0.2, 0.25) is 0 Å². The van der Waals surface area contributed by atoms with E-state index in [9.17, 15) is 4.79 Å². The summed E-state index contributed by atoms with van der Waals surface area (Å²) in [5, 5.41) is 4.32. The Morgan fingerprint density at radius 3 is 2.59 bits per heavy atom. The molecule has 9 heteroatoms. The van der Waals surface area contributed by atoms with Crippen LogP contribution in [0.5, 0.6) is 11.5 Å². The van der Waals surface area contributed by atoms with Crippen LogP contribution in [0.1, 0.15) is 37.3 Å². The minimum Gasteiger partial charge on any atom is -0.493 e. The molecule has 1 aromatic carbocycles. The van der Waals surface area contributed by atoms with Crippen LogP contribution in [0, 0.1) is 0 Å². The van der Waals surface area contributed by atoms with Crippen LogP contribution in [0.15, 0.2) is 29.4 Å². The minimum absolute atomic E-state index is 0.178. The van der Waals surface area contributed by atoms with Gasteiger partial charge in [-0.25, -0.2) is 0 Å². The van der Waals surface area contributed by atoms with Crippen LogP contribution in [0.4, 0.5) is 0 Å². The average molecular weight is 419 g/mol. The second-order valence-electron chi connectivity index (χ2n) is 6.60. The Morgan fingerprint density at radius 1 is 1.24 bits per heavy atom. The molecule has 0 atom stereocenters. The number of ether oxygens (including phenoxy) is 3. The Hall–Kier alpha value is -2.65. The van der Waals surface area contributed by atoms with Gasteiger partial charge >= 0.3 is 0 Å². The molecule has 0 unspecified atom stereocenters. The van der Waals surface area contributed by atoms with Crippen molar-refractivity contribution >= 4 is 27.5 Å². The van der Waals surface area contributed by atoms with Gasteiger partial charge in [0.2, 0.25) is 0 Å². The average Bonchev–Trinajstić information content (AvgIpc) is 3.32. The molecule has 156 valence electrons. The molecular weight excluding hydrogens is 392 g/mol. The maximum absolute atomic E-state index is 12.7. The van der Waals surface area contributed by atoms with Crippen molar-refractivity contribution in [3.63, 3.8) is 0 Å². The van der Waals surface area contributed by atoms with Crippen molar-refractivity contribution in [3.05, 3.63) is 34.9 Å². The van der Waals surface area contributed by atoms with E-state index in [1.165, 1.54) is 11.3 Å². The maximum Gasteiger partial charge on any atom is 0.300 e. The van der Waals surface area contributed by atoms with E-state index in [1.807, 2.05) is 37.5 Å². The number of rotatable bonds is 8. The first kappa shape index (κ1) is 21.1. The lowest BCUT2D eigenvalue weighted by Gasteiger charge is -2.09. The fourth-order valence-electron chi connectivity index (χ4n) is 2.88. The Labute approximate surface area is 173 Å². The second kappa shape index (κ2) is 9.23. The van der Waals surface area contributed by atoms with E-state index >= 15 is 0 Å². The van der Waals surface area contributed by atoms with Crippen LogP contribution >= 0.6 is 11.3 Å². The van der Waals surface area contributed by atoms with E-state index in [4.69, 9.17) is 14.2 Å². The van der Waals surface area contributed by atoms with Gasteiger partial charge in [-0.15, -0.1) is 0 Å². The molecular formula is C20H26N4O4S. The highest BCUT2D eigenvalue weighted by molar-refractivity contribution is 7.16. The Bertz CT molecular complexity index is 1060. The van der Waals surface area contributed by atoms with Crippen LogP contribution in [-0.2, 0) is 11.3 Å². The van der Waals surface area contributed by atoms with Crippen molar-refractivity contribution in [2.75, 3.05) is 27.4 Å². The monoisotopic (exact) mass is 418 g/mol. The molecule has 0 bridgehead atoms. The summed E-state index contributed by atoms with van der Waals surface area (Å²) in [4.78, 5) is 17.7. The third-order valence-corrected chi connectivity index (χ3v) is 5.45. The van der Waals surface area contributed by atoms with E-state index in [0.717, 1.165) is 10.2 Å². The molecule has 0 aliphatic carbocycles. The number of aromatic nitrogens is 3. The molecule has 0 fully saturated rings. The number of hydrogen-bond acceptors (Lipinski definition) is 6. The van der Waals surface area contributed by atoms with E-state index in [-0.39, 0.29) is 11.9 Å². The Morgan fingerprint density at radius 2 is 1.97 bits per heavy atom. The molecule has 2 aromatic heterocycles. The number of methoxy groups -OCH3 is 2. The minimum atomic E-state index is -0.375. The zero-order valence-corrected chi connectivity index (χ0v) is 18.2. The van der Waals surface area contributed by atoms with Gasteiger partial charge in [0.25, 0.3) is 5.91 Å². The predicted molar refractivity (Wildman–Crippen MR) is 112 cm³/mol. The summed E-state index contributed by atoms with van der Waals surface area (Å²) in [6.07, 6.45) is 1.79. The molecule has 3 rings (SSSR count). The number of amides is 1. The zero-order valence-electron chi connectivity index (χ0n) is 17.3. The first-order valence-electron chi connectivity index (χ1n) is 9.45. The smallest absolute Gasteiger partial charge is 0.300 e.